The molecule has 13 heavy (non-hydrogen) atoms. The molecule has 2 heterocycles. The van der Waals surface area contributed by atoms with Crippen LogP contribution in [0.15, 0.2) is 0 Å². The monoisotopic (exact) mass is 182 g/mol. The Balaban J connectivity index is 1.95. The van der Waals surface area contributed by atoms with Crippen molar-refractivity contribution >= 4 is 5.91 Å². The largest absolute Gasteiger partial charge is 0.339 e. The summed E-state index contributed by atoms with van der Waals surface area (Å²) in [5.41, 5.74) is 0. The van der Waals surface area contributed by atoms with Crippen LogP contribution in [0.5, 0.6) is 0 Å². The summed E-state index contributed by atoms with van der Waals surface area (Å²) < 4.78 is 0. The molecule has 0 aromatic heterocycles. The van der Waals surface area contributed by atoms with E-state index in [4.69, 9.17) is 0 Å². The molecule has 0 bridgehead atoms. The molecule has 1 amide bonds. The Morgan fingerprint density at radius 1 is 1.38 bits per heavy atom. The zero-order valence-corrected chi connectivity index (χ0v) is 8.25. The lowest BCUT2D eigenvalue weighted by atomic mass is 10.2. The number of hydrogen-bond donors (Lipinski definition) is 1. The summed E-state index contributed by atoms with van der Waals surface area (Å²) >= 11 is 0. The van der Waals surface area contributed by atoms with E-state index in [0.29, 0.717) is 11.9 Å². The number of carbonyl (C=O) groups is 1. The average Bonchev–Trinajstić information content (AvgIpc) is 2.72. The maximum absolute atomic E-state index is 11.9. The van der Waals surface area contributed by atoms with Crippen LogP contribution in [0, 0.1) is 0 Å². The van der Waals surface area contributed by atoms with Crippen LogP contribution in [0.3, 0.4) is 0 Å². The highest BCUT2D eigenvalue weighted by molar-refractivity contribution is 5.82. The van der Waals surface area contributed by atoms with E-state index in [0.717, 1.165) is 25.9 Å². The lowest BCUT2D eigenvalue weighted by Crippen LogP contribution is -2.44. The van der Waals surface area contributed by atoms with Crippen LogP contribution in [-0.2, 0) is 4.79 Å². The summed E-state index contributed by atoms with van der Waals surface area (Å²) in [4.78, 5) is 14.0. The summed E-state index contributed by atoms with van der Waals surface area (Å²) in [5.74, 6) is 0.336. The van der Waals surface area contributed by atoms with Gasteiger partial charge in [-0.2, -0.15) is 0 Å². The fraction of sp³-hybridized carbons (Fsp3) is 0.900. The van der Waals surface area contributed by atoms with Crippen molar-refractivity contribution in [3.63, 3.8) is 0 Å². The van der Waals surface area contributed by atoms with Crippen LogP contribution < -0.4 is 5.32 Å². The molecule has 3 nitrogen and oxygen atoms in total. The minimum absolute atomic E-state index is 0.126. The molecule has 2 saturated heterocycles. The molecular formula is C10H18N2O. The van der Waals surface area contributed by atoms with Crippen LogP contribution in [0.25, 0.3) is 0 Å². The van der Waals surface area contributed by atoms with E-state index in [1.807, 2.05) is 4.90 Å². The number of nitrogens with one attached hydrogen (secondary N) is 1. The Kier molecular flexibility index (Phi) is 2.54. The van der Waals surface area contributed by atoms with Gasteiger partial charge in [0.25, 0.3) is 0 Å². The second-order valence-corrected chi connectivity index (χ2v) is 4.17. The first-order valence-electron chi connectivity index (χ1n) is 5.33. The van der Waals surface area contributed by atoms with Gasteiger partial charge in [0.15, 0.2) is 0 Å². The molecule has 0 saturated carbocycles. The highest BCUT2D eigenvalue weighted by atomic mass is 16.2. The van der Waals surface area contributed by atoms with Gasteiger partial charge in [-0.15, -0.1) is 0 Å². The zero-order chi connectivity index (χ0) is 9.26. The van der Waals surface area contributed by atoms with Gasteiger partial charge >= 0.3 is 0 Å². The van der Waals surface area contributed by atoms with Gasteiger partial charge in [0, 0.05) is 12.6 Å². The smallest absolute Gasteiger partial charge is 0.239 e. The lowest BCUT2D eigenvalue weighted by molar-refractivity contribution is -0.133. The fourth-order valence-electron chi connectivity index (χ4n) is 2.36. The average molecular weight is 182 g/mol. The summed E-state index contributed by atoms with van der Waals surface area (Å²) in [6.07, 6.45) is 4.54. The molecule has 2 aliphatic heterocycles. The number of carbonyl (C=O) groups excluding carboxylic acids is 1. The van der Waals surface area contributed by atoms with E-state index in [1.54, 1.807) is 0 Å². The van der Waals surface area contributed by atoms with Gasteiger partial charge < -0.3 is 10.2 Å². The summed E-state index contributed by atoms with van der Waals surface area (Å²) in [5, 5.41) is 3.26. The first-order chi connectivity index (χ1) is 6.29. The maximum atomic E-state index is 11.9. The predicted molar refractivity (Wildman–Crippen MR) is 51.4 cm³/mol. The van der Waals surface area contributed by atoms with Gasteiger partial charge in [-0.25, -0.2) is 0 Å². The predicted octanol–water partition coefficient (Wildman–Crippen LogP) is 0.749. The highest BCUT2D eigenvalue weighted by Crippen LogP contribution is 2.19. The van der Waals surface area contributed by atoms with E-state index in [-0.39, 0.29) is 6.04 Å². The zero-order valence-electron chi connectivity index (χ0n) is 8.25. The maximum Gasteiger partial charge on any atom is 0.239 e. The molecule has 2 unspecified atom stereocenters. The SMILES string of the molecule is CC1CCCN1C(=O)C1CCCN1. The van der Waals surface area contributed by atoms with Crippen molar-refractivity contribution in [3.05, 3.63) is 0 Å². The molecule has 2 fully saturated rings. The molecule has 74 valence electrons. The topological polar surface area (TPSA) is 32.3 Å². The molecule has 0 aliphatic carbocycles. The van der Waals surface area contributed by atoms with Gasteiger partial charge in [-0.05, 0) is 39.2 Å². The van der Waals surface area contributed by atoms with Crippen LogP contribution in [0.2, 0.25) is 0 Å². The molecule has 3 heteroatoms. The fourth-order valence-corrected chi connectivity index (χ4v) is 2.36. The molecule has 0 aromatic carbocycles. The van der Waals surface area contributed by atoms with Gasteiger partial charge in [0.2, 0.25) is 5.91 Å². The van der Waals surface area contributed by atoms with Crippen LogP contribution in [0.4, 0.5) is 0 Å². The van der Waals surface area contributed by atoms with Gasteiger partial charge in [0.1, 0.15) is 0 Å². The Bertz CT molecular complexity index is 199. The molecule has 0 radical (unpaired) electrons. The first kappa shape index (κ1) is 9.00. The third-order valence-electron chi connectivity index (χ3n) is 3.19. The van der Waals surface area contributed by atoms with Crippen molar-refractivity contribution in [3.8, 4) is 0 Å². The van der Waals surface area contributed by atoms with Crippen LogP contribution >= 0.6 is 0 Å². The second kappa shape index (κ2) is 3.66. The summed E-state index contributed by atoms with van der Waals surface area (Å²) in [7, 11) is 0. The molecule has 2 rings (SSSR count). The van der Waals surface area contributed by atoms with Gasteiger partial charge in [-0.3, -0.25) is 4.79 Å². The van der Waals surface area contributed by atoms with Crippen molar-refractivity contribution in [2.45, 2.75) is 44.7 Å². The van der Waals surface area contributed by atoms with Crippen molar-refractivity contribution in [1.82, 2.24) is 10.2 Å². The first-order valence-corrected chi connectivity index (χ1v) is 5.33. The van der Waals surface area contributed by atoms with Crippen molar-refractivity contribution in [1.29, 1.82) is 0 Å². The van der Waals surface area contributed by atoms with Gasteiger partial charge in [0.05, 0.1) is 6.04 Å². The summed E-state index contributed by atoms with van der Waals surface area (Å²) in [6.45, 7) is 4.14. The minimum Gasteiger partial charge on any atom is -0.339 e. The lowest BCUT2D eigenvalue weighted by Gasteiger charge is -2.24. The molecule has 0 spiro atoms. The molecule has 2 atom stereocenters. The second-order valence-electron chi connectivity index (χ2n) is 4.17. The highest BCUT2D eigenvalue weighted by Gasteiger charge is 2.31. The van der Waals surface area contributed by atoms with Crippen molar-refractivity contribution < 1.29 is 4.79 Å². The number of likely N-dealkylation sites (tertiary alicyclic amines) is 1. The van der Waals surface area contributed by atoms with Crippen LogP contribution in [0.1, 0.15) is 32.6 Å². The number of rotatable bonds is 1. The molecule has 1 N–H and O–H groups in total. The number of amides is 1. The third kappa shape index (κ3) is 1.70. The molecule has 0 aromatic rings. The van der Waals surface area contributed by atoms with E-state index < -0.39 is 0 Å². The minimum atomic E-state index is 0.126. The molecular weight excluding hydrogens is 164 g/mol. The van der Waals surface area contributed by atoms with E-state index in [9.17, 15) is 4.79 Å². The van der Waals surface area contributed by atoms with Crippen molar-refractivity contribution in [2.24, 2.45) is 0 Å². The quantitative estimate of drug-likeness (QED) is 0.649. The van der Waals surface area contributed by atoms with Crippen LogP contribution in [-0.4, -0.2) is 36.0 Å². The Hall–Kier alpha value is -0.570. The van der Waals surface area contributed by atoms with E-state index in [1.165, 1.54) is 12.8 Å². The number of hydrogen-bond acceptors (Lipinski definition) is 2. The van der Waals surface area contributed by atoms with E-state index in [2.05, 4.69) is 12.2 Å². The Morgan fingerprint density at radius 2 is 2.23 bits per heavy atom. The normalized spacial score (nSPS) is 34.1. The Morgan fingerprint density at radius 3 is 2.77 bits per heavy atom. The standard InChI is InChI=1S/C10H18N2O/c1-8-4-3-7-12(8)10(13)9-5-2-6-11-9/h8-9,11H,2-7H2,1H3. The Labute approximate surface area is 79.5 Å². The van der Waals surface area contributed by atoms with Crippen molar-refractivity contribution in [2.75, 3.05) is 13.1 Å². The van der Waals surface area contributed by atoms with E-state index >= 15 is 0 Å². The summed E-state index contributed by atoms with van der Waals surface area (Å²) in [6, 6.07) is 0.593. The number of nitrogens with zero attached hydrogens (tertiary/aromatic N) is 1. The third-order valence-corrected chi connectivity index (χ3v) is 3.19. The molecule has 2 aliphatic rings. The van der Waals surface area contributed by atoms with Gasteiger partial charge in [-0.1, -0.05) is 0 Å².